The second kappa shape index (κ2) is 10.2. The molecule has 5 nitrogen and oxygen atoms in total. The van der Waals surface area contributed by atoms with Gasteiger partial charge >= 0.3 is 5.97 Å². The molecule has 0 spiro atoms. The van der Waals surface area contributed by atoms with E-state index in [1.54, 1.807) is 18.2 Å². The van der Waals surface area contributed by atoms with Gasteiger partial charge in [-0.1, -0.05) is 41.4 Å². The quantitative estimate of drug-likeness (QED) is 0.692. The Labute approximate surface area is 174 Å². The van der Waals surface area contributed by atoms with Crippen LogP contribution in [0, 0.1) is 0 Å². The second-order valence-corrected chi connectivity index (χ2v) is 6.81. The summed E-state index contributed by atoms with van der Waals surface area (Å²) < 4.78 is 11.6. The summed E-state index contributed by atoms with van der Waals surface area (Å²) in [4.78, 5) is 12.8. The molecule has 1 saturated heterocycles. The zero-order chi connectivity index (χ0) is 18.5. The fourth-order valence-electron chi connectivity index (χ4n) is 2.80. The first-order valence-corrected chi connectivity index (χ1v) is 9.06. The van der Waals surface area contributed by atoms with Crippen molar-refractivity contribution in [2.24, 2.45) is 0 Å². The van der Waals surface area contributed by atoms with E-state index < -0.39 is 5.97 Å². The highest BCUT2D eigenvalue weighted by molar-refractivity contribution is 6.42. The number of rotatable bonds is 6. The lowest BCUT2D eigenvalue weighted by molar-refractivity contribution is -0.137. The van der Waals surface area contributed by atoms with Crippen molar-refractivity contribution in [2.45, 2.75) is 12.5 Å². The molecule has 0 radical (unpaired) electrons. The molecule has 2 aromatic carbocycles. The van der Waals surface area contributed by atoms with E-state index in [2.05, 4.69) is 4.90 Å². The highest BCUT2D eigenvalue weighted by Gasteiger charge is 2.22. The van der Waals surface area contributed by atoms with Crippen molar-refractivity contribution in [1.29, 1.82) is 0 Å². The normalized spacial score (nSPS) is 17.2. The summed E-state index contributed by atoms with van der Waals surface area (Å²) >= 11 is 12.1. The maximum Gasteiger partial charge on any atom is 0.304 e. The second-order valence-electron chi connectivity index (χ2n) is 6.03. The Bertz CT molecular complexity index is 770. The van der Waals surface area contributed by atoms with Crippen LogP contribution in [0.4, 0.5) is 0 Å². The number of halogens is 3. The van der Waals surface area contributed by atoms with Crippen molar-refractivity contribution in [1.82, 2.24) is 4.90 Å². The minimum absolute atomic E-state index is 0. The number of aliphatic carboxylic acids is 1. The van der Waals surface area contributed by atoms with Crippen molar-refractivity contribution in [2.75, 3.05) is 26.2 Å². The minimum Gasteiger partial charge on any atom is -0.481 e. The summed E-state index contributed by atoms with van der Waals surface area (Å²) in [5.41, 5.74) is 1.02. The molecule has 1 unspecified atom stereocenters. The topological polar surface area (TPSA) is 59.0 Å². The lowest BCUT2D eigenvalue weighted by Crippen LogP contribution is -2.39. The third-order valence-electron chi connectivity index (χ3n) is 4.19. The van der Waals surface area contributed by atoms with E-state index in [0.717, 1.165) is 12.1 Å². The Morgan fingerprint density at radius 1 is 1.22 bits per heavy atom. The molecule has 1 aliphatic heterocycles. The first kappa shape index (κ1) is 21.8. The molecule has 1 atom stereocenters. The number of morpholine rings is 1. The van der Waals surface area contributed by atoms with Crippen LogP contribution in [-0.4, -0.2) is 42.2 Å². The number of carboxylic acids is 1. The summed E-state index contributed by atoms with van der Waals surface area (Å²) in [6.07, 6.45) is 0.0567. The molecule has 0 bridgehead atoms. The van der Waals surface area contributed by atoms with E-state index >= 15 is 0 Å². The van der Waals surface area contributed by atoms with Crippen LogP contribution in [0.15, 0.2) is 42.5 Å². The molecule has 0 amide bonds. The van der Waals surface area contributed by atoms with Crippen molar-refractivity contribution in [3.8, 4) is 11.5 Å². The fraction of sp³-hybridized carbons (Fsp3) is 0.316. The van der Waals surface area contributed by atoms with Gasteiger partial charge in [0.25, 0.3) is 0 Å². The highest BCUT2D eigenvalue weighted by atomic mass is 35.5. The van der Waals surface area contributed by atoms with Gasteiger partial charge in [-0.25, -0.2) is 0 Å². The van der Waals surface area contributed by atoms with Crippen molar-refractivity contribution < 1.29 is 19.4 Å². The molecule has 1 aliphatic rings. The van der Waals surface area contributed by atoms with Crippen LogP contribution in [0.2, 0.25) is 10.0 Å². The predicted molar refractivity (Wildman–Crippen MR) is 108 cm³/mol. The number of benzene rings is 2. The van der Waals surface area contributed by atoms with Gasteiger partial charge < -0.3 is 14.6 Å². The van der Waals surface area contributed by atoms with Crippen LogP contribution in [0.3, 0.4) is 0 Å². The van der Waals surface area contributed by atoms with Crippen molar-refractivity contribution >= 4 is 41.6 Å². The Hall–Kier alpha value is -1.50. The summed E-state index contributed by atoms with van der Waals surface area (Å²) in [5, 5.41) is 9.65. The van der Waals surface area contributed by atoms with Gasteiger partial charge in [0.2, 0.25) is 0 Å². The summed E-state index contributed by atoms with van der Waals surface area (Å²) in [7, 11) is 0. The molecule has 146 valence electrons. The van der Waals surface area contributed by atoms with Gasteiger partial charge in [-0.3, -0.25) is 9.69 Å². The molecular weight excluding hydrogens is 413 g/mol. The molecule has 2 aromatic rings. The maximum absolute atomic E-state index is 10.7. The van der Waals surface area contributed by atoms with Crippen LogP contribution in [0.1, 0.15) is 18.1 Å². The number of hydrogen-bond donors (Lipinski definition) is 1. The van der Waals surface area contributed by atoms with Crippen molar-refractivity contribution in [3.63, 3.8) is 0 Å². The third-order valence-corrected chi connectivity index (χ3v) is 4.99. The van der Waals surface area contributed by atoms with Crippen LogP contribution < -0.4 is 4.74 Å². The number of hydrogen-bond acceptors (Lipinski definition) is 4. The van der Waals surface area contributed by atoms with Gasteiger partial charge in [0.15, 0.2) is 0 Å². The first-order chi connectivity index (χ1) is 12.5. The molecule has 0 aliphatic carbocycles. The molecule has 1 heterocycles. The predicted octanol–water partition coefficient (Wildman–Crippen LogP) is 5.06. The summed E-state index contributed by atoms with van der Waals surface area (Å²) in [5.74, 6) is 0.367. The lowest BCUT2D eigenvalue weighted by Gasteiger charge is -2.32. The SMILES string of the molecule is Cl.O=C(O)CCN1CCOC(c2ccc(Oc3cccc(Cl)c3Cl)cc2)C1. The number of carboxylic acid groups (broad SMARTS) is 1. The molecular formula is C19H20Cl3NO4. The van der Waals surface area contributed by atoms with Crippen LogP contribution >= 0.6 is 35.6 Å². The van der Waals surface area contributed by atoms with Gasteiger partial charge in [0.05, 0.1) is 24.2 Å². The molecule has 8 heteroatoms. The van der Waals surface area contributed by atoms with Crippen molar-refractivity contribution in [3.05, 3.63) is 58.1 Å². The minimum atomic E-state index is -0.783. The van der Waals surface area contributed by atoms with E-state index in [1.165, 1.54) is 0 Å². The van der Waals surface area contributed by atoms with Crippen LogP contribution in [-0.2, 0) is 9.53 Å². The van der Waals surface area contributed by atoms with Gasteiger partial charge in [0.1, 0.15) is 16.5 Å². The Balaban J connectivity index is 0.00000261. The number of carbonyl (C=O) groups is 1. The van der Waals surface area contributed by atoms with Gasteiger partial charge in [-0.2, -0.15) is 0 Å². The van der Waals surface area contributed by atoms with E-state index in [0.29, 0.717) is 41.2 Å². The van der Waals surface area contributed by atoms with E-state index in [1.807, 2.05) is 24.3 Å². The average Bonchev–Trinajstić information content (AvgIpc) is 2.65. The van der Waals surface area contributed by atoms with Gasteiger partial charge in [-0.05, 0) is 29.8 Å². The Morgan fingerprint density at radius 3 is 2.67 bits per heavy atom. The first-order valence-electron chi connectivity index (χ1n) is 8.30. The highest BCUT2D eigenvalue weighted by Crippen LogP contribution is 2.35. The monoisotopic (exact) mass is 431 g/mol. The zero-order valence-electron chi connectivity index (χ0n) is 14.4. The molecule has 1 fully saturated rings. The Kier molecular flexibility index (Phi) is 8.20. The van der Waals surface area contributed by atoms with Crippen LogP contribution in [0.25, 0.3) is 0 Å². The molecule has 3 rings (SSSR count). The molecule has 0 aromatic heterocycles. The largest absolute Gasteiger partial charge is 0.481 e. The molecule has 1 N–H and O–H groups in total. The number of nitrogens with zero attached hydrogens (tertiary/aromatic N) is 1. The maximum atomic E-state index is 10.7. The van der Waals surface area contributed by atoms with Gasteiger partial charge in [-0.15, -0.1) is 12.4 Å². The molecule has 27 heavy (non-hydrogen) atoms. The van der Waals surface area contributed by atoms with E-state index in [9.17, 15) is 4.79 Å². The Morgan fingerprint density at radius 2 is 1.96 bits per heavy atom. The smallest absolute Gasteiger partial charge is 0.304 e. The summed E-state index contributed by atoms with van der Waals surface area (Å²) in [6.45, 7) is 2.54. The van der Waals surface area contributed by atoms with E-state index in [-0.39, 0.29) is 24.9 Å². The lowest BCUT2D eigenvalue weighted by atomic mass is 10.1. The van der Waals surface area contributed by atoms with Crippen LogP contribution in [0.5, 0.6) is 11.5 Å². The average molecular weight is 433 g/mol. The van der Waals surface area contributed by atoms with Gasteiger partial charge in [0, 0.05) is 19.6 Å². The fourth-order valence-corrected chi connectivity index (χ4v) is 3.13. The summed E-state index contributed by atoms with van der Waals surface area (Å²) in [6, 6.07) is 12.8. The zero-order valence-corrected chi connectivity index (χ0v) is 16.8. The molecule has 0 saturated carbocycles. The third kappa shape index (κ3) is 5.99. The van der Waals surface area contributed by atoms with E-state index in [4.69, 9.17) is 37.8 Å². The number of ether oxygens (including phenoxy) is 2. The standard InChI is InChI=1S/C19H19Cl2NO4.ClH/c20-15-2-1-3-16(19(15)21)26-14-6-4-13(5-7-14)17-12-22(10-11-25-17)9-8-18(23)24;/h1-7,17H,8-12H2,(H,23,24);1H.